The number of nitrogens with zero attached hydrogens (tertiary/aromatic N) is 1. The van der Waals surface area contributed by atoms with Gasteiger partial charge in [0.15, 0.2) is 0 Å². The highest BCUT2D eigenvalue weighted by molar-refractivity contribution is 5.95. The lowest BCUT2D eigenvalue weighted by atomic mass is 10.1. The summed E-state index contributed by atoms with van der Waals surface area (Å²) in [6, 6.07) is 11.9. The smallest absolute Gasteiger partial charge is 0.254 e. The summed E-state index contributed by atoms with van der Waals surface area (Å²) in [5.41, 5.74) is 1.55. The van der Waals surface area contributed by atoms with Crippen molar-refractivity contribution < 1.29 is 23.6 Å². The molecule has 1 aliphatic heterocycles. The zero-order chi connectivity index (χ0) is 18.5. The maximum Gasteiger partial charge on any atom is 0.254 e. The van der Waals surface area contributed by atoms with Crippen LogP contribution in [0.15, 0.2) is 42.5 Å². The topological polar surface area (TPSA) is 43.2 Å². The first-order valence-electron chi connectivity index (χ1n) is 8.69. The lowest BCUT2D eigenvalue weighted by Crippen LogP contribution is -3.13. The van der Waals surface area contributed by atoms with Gasteiger partial charge < -0.3 is 19.3 Å². The Balaban J connectivity index is 1.61. The van der Waals surface area contributed by atoms with Crippen molar-refractivity contribution in [1.29, 1.82) is 0 Å². The zero-order valence-electron chi connectivity index (χ0n) is 15.1. The number of hydrogen-bond donors (Lipinski definition) is 1. The van der Waals surface area contributed by atoms with Crippen molar-refractivity contribution in [3.8, 4) is 11.5 Å². The van der Waals surface area contributed by atoms with Crippen molar-refractivity contribution in [3.05, 3.63) is 59.4 Å². The van der Waals surface area contributed by atoms with Gasteiger partial charge in [-0.25, -0.2) is 4.39 Å². The van der Waals surface area contributed by atoms with Crippen LogP contribution in [0.1, 0.15) is 15.9 Å². The normalized spacial score (nSPS) is 15.0. The summed E-state index contributed by atoms with van der Waals surface area (Å²) in [5, 5.41) is 0. The summed E-state index contributed by atoms with van der Waals surface area (Å²) in [6.07, 6.45) is 0. The second kappa shape index (κ2) is 8.19. The van der Waals surface area contributed by atoms with Crippen LogP contribution in [0, 0.1) is 5.82 Å². The molecule has 6 heteroatoms. The van der Waals surface area contributed by atoms with E-state index in [0.29, 0.717) is 30.2 Å². The molecule has 5 nitrogen and oxygen atoms in total. The number of amides is 1. The molecular formula is C20H24FN2O3+. The molecule has 138 valence electrons. The second-order valence-electron chi connectivity index (χ2n) is 6.45. The Kier molecular flexibility index (Phi) is 5.73. The molecule has 0 saturated carbocycles. The first-order valence-corrected chi connectivity index (χ1v) is 8.69. The standard InChI is InChI=1S/C20H23FN2O3/c1-25-18-11-16(12-19(13-18)26-2)20(24)23-8-6-22(7-9-23)14-15-4-3-5-17(21)10-15/h3-5,10-13H,6-9,14H2,1-2H3/p+1. The minimum Gasteiger partial charge on any atom is -0.497 e. The Hall–Kier alpha value is -2.60. The van der Waals surface area contributed by atoms with Crippen LogP contribution in [-0.2, 0) is 6.54 Å². The van der Waals surface area contributed by atoms with Crippen molar-refractivity contribution in [2.45, 2.75) is 6.54 Å². The zero-order valence-corrected chi connectivity index (χ0v) is 15.1. The van der Waals surface area contributed by atoms with Crippen LogP contribution in [-0.4, -0.2) is 51.2 Å². The number of methoxy groups -OCH3 is 2. The van der Waals surface area contributed by atoms with Crippen LogP contribution >= 0.6 is 0 Å². The van der Waals surface area contributed by atoms with E-state index in [9.17, 15) is 9.18 Å². The van der Waals surface area contributed by atoms with E-state index in [-0.39, 0.29) is 11.7 Å². The fourth-order valence-corrected chi connectivity index (χ4v) is 3.25. The highest BCUT2D eigenvalue weighted by Crippen LogP contribution is 2.23. The molecule has 0 aliphatic carbocycles. The molecule has 0 unspecified atom stereocenters. The van der Waals surface area contributed by atoms with Gasteiger partial charge >= 0.3 is 0 Å². The first-order chi connectivity index (χ1) is 12.6. The molecule has 1 fully saturated rings. The van der Waals surface area contributed by atoms with E-state index in [0.717, 1.165) is 25.2 Å². The number of nitrogens with one attached hydrogen (secondary N) is 1. The molecule has 1 aliphatic rings. The monoisotopic (exact) mass is 359 g/mol. The minimum absolute atomic E-state index is 0.0213. The highest BCUT2D eigenvalue weighted by Gasteiger charge is 2.25. The molecule has 0 radical (unpaired) electrons. The molecule has 2 aromatic carbocycles. The molecule has 1 saturated heterocycles. The molecule has 2 aromatic rings. The Labute approximate surface area is 152 Å². The number of benzene rings is 2. The number of rotatable bonds is 5. The summed E-state index contributed by atoms with van der Waals surface area (Å²) in [5.74, 6) is 0.973. The van der Waals surface area contributed by atoms with E-state index in [1.165, 1.54) is 11.0 Å². The van der Waals surface area contributed by atoms with Gasteiger partial charge in [-0.1, -0.05) is 12.1 Å². The van der Waals surface area contributed by atoms with Crippen molar-refractivity contribution in [3.63, 3.8) is 0 Å². The minimum atomic E-state index is -0.206. The van der Waals surface area contributed by atoms with E-state index in [2.05, 4.69) is 0 Å². The predicted octanol–water partition coefficient (Wildman–Crippen LogP) is 1.38. The van der Waals surface area contributed by atoms with Gasteiger partial charge in [-0.15, -0.1) is 0 Å². The number of quaternary nitrogens is 1. The van der Waals surface area contributed by atoms with Gasteiger partial charge in [-0.05, 0) is 24.3 Å². The maximum absolute atomic E-state index is 13.3. The molecule has 3 rings (SSSR count). The van der Waals surface area contributed by atoms with E-state index in [1.807, 2.05) is 11.0 Å². The Morgan fingerprint density at radius 1 is 1.08 bits per heavy atom. The predicted molar refractivity (Wildman–Crippen MR) is 96.3 cm³/mol. The van der Waals surface area contributed by atoms with Gasteiger partial charge in [0, 0.05) is 17.2 Å². The average molecular weight is 359 g/mol. The fourth-order valence-electron chi connectivity index (χ4n) is 3.25. The summed E-state index contributed by atoms with van der Waals surface area (Å²) in [4.78, 5) is 16.0. The summed E-state index contributed by atoms with van der Waals surface area (Å²) >= 11 is 0. The molecular weight excluding hydrogens is 335 g/mol. The van der Waals surface area contributed by atoms with E-state index in [1.54, 1.807) is 44.6 Å². The molecule has 1 N–H and O–H groups in total. The third-order valence-electron chi connectivity index (χ3n) is 4.70. The average Bonchev–Trinajstić information content (AvgIpc) is 2.67. The number of halogens is 1. The molecule has 0 spiro atoms. The van der Waals surface area contributed by atoms with Crippen LogP contribution in [0.25, 0.3) is 0 Å². The van der Waals surface area contributed by atoms with Gasteiger partial charge in [0.2, 0.25) is 0 Å². The van der Waals surface area contributed by atoms with Crippen LogP contribution in [0.4, 0.5) is 4.39 Å². The Morgan fingerprint density at radius 2 is 1.73 bits per heavy atom. The van der Waals surface area contributed by atoms with Crippen LogP contribution < -0.4 is 14.4 Å². The Morgan fingerprint density at radius 3 is 2.31 bits per heavy atom. The highest BCUT2D eigenvalue weighted by atomic mass is 19.1. The number of piperazine rings is 1. The molecule has 0 bridgehead atoms. The van der Waals surface area contributed by atoms with Gasteiger partial charge in [0.25, 0.3) is 5.91 Å². The summed E-state index contributed by atoms with van der Waals surface area (Å²) < 4.78 is 23.8. The summed E-state index contributed by atoms with van der Waals surface area (Å²) in [7, 11) is 3.13. The van der Waals surface area contributed by atoms with Crippen LogP contribution in [0.2, 0.25) is 0 Å². The largest absolute Gasteiger partial charge is 0.497 e. The molecule has 1 amide bonds. The number of carbonyl (C=O) groups excluding carboxylic acids is 1. The molecule has 0 aromatic heterocycles. The second-order valence-corrected chi connectivity index (χ2v) is 6.45. The van der Waals surface area contributed by atoms with Gasteiger partial charge in [-0.2, -0.15) is 0 Å². The van der Waals surface area contributed by atoms with Gasteiger partial charge in [0.05, 0.1) is 40.4 Å². The van der Waals surface area contributed by atoms with E-state index >= 15 is 0 Å². The number of hydrogen-bond acceptors (Lipinski definition) is 3. The molecule has 1 heterocycles. The lowest BCUT2D eigenvalue weighted by molar-refractivity contribution is -0.917. The summed E-state index contributed by atoms with van der Waals surface area (Å²) in [6.45, 7) is 3.78. The molecule has 26 heavy (non-hydrogen) atoms. The van der Waals surface area contributed by atoms with Crippen LogP contribution in [0.5, 0.6) is 11.5 Å². The quantitative estimate of drug-likeness (QED) is 0.877. The lowest BCUT2D eigenvalue weighted by Gasteiger charge is -2.32. The van der Waals surface area contributed by atoms with Crippen molar-refractivity contribution in [2.24, 2.45) is 0 Å². The molecule has 0 atom stereocenters. The SMILES string of the molecule is COc1cc(OC)cc(C(=O)N2CC[NH+](Cc3cccc(F)c3)CC2)c1. The number of carbonyl (C=O) groups is 1. The third-order valence-corrected chi connectivity index (χ3v) is 4.70. The van der Waals surface area contributed by atoms with Crippen LogP contribution in [0.3, 0.4) is 0 Å². The third kappa shape index (κ3) is 4.32. The first kappa shape index (κ1) is 18.2. The van der Waals surface area contributed by atoms with E-state index in [4.69, 9.17) is 9.47 Å². The van der Waals surface area contributed by atoms with Crippen molar-refractivity contribution >= 4 is 5.91 Å². The maximum atomic E-state index is 13.3. The Bertz CT molecular complexity index is 751. The van der Waals surface area contributed by atoms with Gasteiger partial charge in [-0.3, -0.25) is 4.79 Å². The van der Waals surface area contributed by atoms with E-state index < -0.39 is 0 Å². The van der Waals surface area contributed by atoms with Gasteiger partial charge in [0.1, 0.15) is 23.9 Å². The fraction of sp³-hybridized carbons (Fsp3) is 0.350. The number of ether oxygens (including phenoxy) is 2. The van der Waals surface area contributed by atoms with Crippen molar-refractivity contribution in [2.75, 3.05) is 40.4 Å². The van der Waals surface area contributed by atoms with Crippen molar-refractivity contribution in [1.82, 2.24) is 4.90 Å².